The number of nitrogens with zero attached hydrogens (tertiary/aromatic N) is 1. The average Bonchev–Trinajstić information content (AvgIpc) is 2.24. The molecular weight excluding hydrogens is 206 g/mol. The number of rotatable bonds is 5. The van der Waals surface area contributed by atoms with E-state index in [2.05, 4.69) is 25.8 Å². The molecule has 0 fully saturated rings. The van der Waals surface area contributed by atoms with E-state index in [-0.39, 0.29) is 0 Å². The average molecular weight is 226 g/mol. The van der Waals surface area contributed by atoms with Crippen molar-refractivity contribution in [1.29, 1.82) is 0 Å². The van der Waals surface area contributed by atoms with Gasteiger partial charge in [-0.2, -0.15) is 0 Å². The van der Waals surface area contributed by atoms with E-state index >= 15 is 0 Å². The Balaban J connectivity index is 2.84. The van der Waals surface area contributed by atoms with Gasteiger partial charge in [-0.05, 0) is 30.4 Å². The molecule has 0 saturated heterocycles. The fourth-order valence-corrected chi connectivity index (χ4v) is 1.90. The minimum absolute atomic E-state index is 0.694. The Bertz CT molecular complexity index is 309. The first-order chi connectivity index (χ1) is 7.19. The van der Waals surface area contributed by atoms with E-state index in [1.54, 1.807) is 0 Å². The second-order valence-corrected chi connectivity index (χ2v) is 4.58. The molecule has 0 aliphatic rings. The Morgan fingerprint density at radius 3 is 2.73 bits per heavy atom. The van der Waals surface area contributed by atoms with Crippen LogP contribution >= 0.6 is 11.6 Å². The molecule has 1 nitrogen and oxygen atoms in total. The summed E-state index contributed by atoms with van der Waals surface area (Å²) in [5.74, 6) is 0.694. The lowest BCUT2D eigenvalue weighted by atomic mass is 9.98. The third kappa shape index (κ3) is 3.49. The van der Waals surface area contributed by atoms with Gasteiger partial charge in [0.15, 0.2) is 0 Å². The summed E-state index contributed by atoms with van der Waals surface area (Å²) in [7, 11) is 0. The third-order valence-electron chi connectivity index (χ3n) is 2.79. The molecule has 0 aromatic carbocycles. The summed E-state index contributed by atoms with van der Waals surface area (Å²) in [6.45, 7) is 6.63. The molecule has 84 valence electrons. The Morgan fingerprint density at radius 1 is 1.40 bits per heavy atom. The minimum Gasteiger partial charge on any atom is -0.260 e. The lowest BCUT2D eigenvalue weighted by Gasteiger charge is -2.11. The number of hydrogen-bond donors (Lipinski definition) is 0. The summed E-state index contributed by atoms with van der Waals surface area (Å²) >= 11 is 6.33. The molecule has 1 atom stereocenters. The van der Waals surface area contributed by atoms with Crippen LogP contribution in [0.25, 0.3) is 0 Å². The van der Waals surface area contributed by atoms with Gasteiger partial charge in [-0.3, -0.25) is 4.98 Å². The topological polar surface area (TPSA) is 12.9 Å². The van der Waals surface area contributed by atoms with E-state index in [0.29, 0.717) is 5.92 Å². The largest absolute Gasteiger partial charge is 0.260 e. The van der Waals surface area contributed by atoms with E-state index in [9.17, 15) is 0 Å². The summed E-state index contributed by atoms with van der Waals surface area (Å²) in [5.41, 5.74) is 2.31. The summed E-state index contributed by atoms with van der Waals surface area (Å²) in [4.78, 5) is 4.33. The molecule has 0 aliphatic heterocycles. The predicted octanol–water partition coefficient (Wildman–Crippen LogP) is 4.28. The molecule has 1 rings (SSSR count). The molecule has 2 heteroatoms. The summed E-state index contributed by atoms with van der Waals surface area (Å²) < 4.78 is 0. The van der Waals surface area contributed by atoms with Crippen molar-refractivity contribution in [3.05, 3.63) is 28.5 Å². The lowest BCUT2D eigenvalue weighted by Crippen LogP contribution is -2.01. The lowest BCUT2D eigenvalue weighted by molar-refractivity contribution is 0.559. The van der Waals surface area contributed by atoms with E-state index in [4.69, 9.17) is 11.6 Å². The van der Waals surface area contributed by atoms with Gasteiger partial charge < -0.3 is 0 Å². The fraction of sp³-hybridized carbons (Fsp3) is 0.615. The smallest absolute Gasteiger partial charge is 0.0653 e. The Labute approximate surface area is 97.9 Å². The van der Waals surface area contributed by atoms with E-state index < -0.39 is 0 Å². The van der Waals surface area contributed by atoms with Crippen molar-refractivity contribution in [2.75, 3.05) is 0 Å². The van der Waals surface area contributed by atoms with Crippen LogP contribution in [0.2, 0.25) is 5.02 Å². The summed E-state index contributed by atoms with van der Waals surface area (Å²) in [6, 6.07) is 2.05. The zero-order chi connectivity index (χ0) is 11.3. The molecule has 0 bridgehead atoms. The molecule has 1 unspecified atom stereocenters. The molecular formula is C13H20ClN. The maximum atomic E-state index is 6.33. The SMILES string of the molecule is CCCc1nccc(CC(C)CC)c1Cl. The fourth-order valence-electron chi connectivity index (χ4n) is 1.62. The number of hydrogen-bond acceptors (Lipinski definition) is 1. The number of aryl methyl sites for hydroxylation is 1. The molecule has 1 aromatic rings. The van der Waals surface area contributed by atoms with Gasteiger partial charge in [0, 0.05) is 6.20 Å². The highest BCUT2D eigenvalue weighted by molar-refractivity contribution is 6.32. The van der Waals surface area contributed by atoms with Gasteiger partial charge >= 0.3 is 0 Å². The molecule has 15 heavy (non-hydrogen) atoms. The van der Waals surface area contributed by atoms with Crippen LogP contribution in [-0.4, -0.2) is 4.98 Å². The zero-order valence-electron chi connectivity index (χ0n) is 9.89. The van der Waals surface area contributed by atoms with Crippen molar-refractivity contribution in [3.8, 4) is 0 Å². The Morgan fingerprint density at radius 2 is 2.13 bits per heavy atom. The molecule has 0 radical (unpaired) electrons. The van der Waals surface area contributed by atoms with Crippen LogP contribution in [0.3, 0.4) is 0 Å². The maximum absolute atomic E-state index is 6.33. The van der Waals surface area contributed by atoms with Crippen LogP contribution in [0.5, 0.6) is 0 Å². The van der Waals surface area contributed by atoms with Crippen molar-refractivity contribution in [1.82, 2.24) is 4.98 Å². The highest BCUT2D eigenvalue weighted by Gasteiger charge is 2.09. The van der Waals surface area contributed by atoms with Gasteiger partial charge in [0.05, 0.1) is 10.7 Å². The van der Waals surface area contributed by atoms with Crippen LogP contribution in [0, 0.1) is 5.92 Å². The number of aromatic nitrogens is 1. The molecule has 0 saturated carbocycles. The second kappa shape index (κ2) is 6.12. The van der Waals surface area contributed by atoms with Gasteiger partial charge in [0.2, 0.25) is 0 Å². The van der Waals surface area contributed by atoms with Crippen LogP contribution < -0.4 is 0 Å². The van der Waals surface area contributed by atoms with Gasteiger partial charge in [-0.15, -0.1) is 0 Å². The van der Waals surface area contributed by atoms with Crippen molar-refractivity contribution < 1.29 is 0 Å². The molecule has 0 aliphatic carbocycles. The standard InChI is InChI=1S/C13H20ClN/c1-4-6-12-13(14)11(7-8-15-12)9-10(3)5-2/h7-8,10H,4-6,9H2,1-3H3. The summed E-state index contributed by atoms with van der Waals surface area (Å²) in [5, 5.41) is 0.889. The highest BCUT2D eigenvalue weighted by Crippen LogP contribution is 2.23. The third-order valence-corrected chi connectivity index (χ3v) is 3.25. The van der Waals surface area contributed by atoms with Gasteiger partial charge in [0.25, 0.3) is 0 Å². The normalized spacial score (nSPS) is 12.8. The van der Waals surface area contributed by atoms with Crippen LogP contribution in [0.15, 0.2) is 12.3 Å². The first-order valence-corrected chi connectivity index (χ1v) is 6.19. The van der Waals surface area contributed by atoms with E-state index in [1.165, 1.54) is 12.0 Å². The van der Waals surface area contributed by atoms with E-state index in [0.717, 1.165) is 30.0 Å². The zero-order valence-corrected chi connectivity index (χ0v) is 10.6. The van der Waals surface area contributed by atoms with Gasteiger partial charge in [0.1, 0.15) is 0 Å². The Kier molecular flexibility index (Phi) is 5.10. The van der Waals surface area contributed by atoms with Gasteiger partial charge in [-0.25, -0.2) is 0 Å². The molecule has 0 N–H and O–H groups in total. The van der Waals surface area contributed by atoms with Crippen LogP contribution in [0.1, 0.15) is 44.9 Å². The second-order valence-electron chi connectivity index (χ2n) is 4.20. The van der Waals surface area contributed by atoms with Crippen molar-refractivity contribution in [3.63, 3.8) is 0 Å². The molecule has 1 aromatic heterocycles. The minimum atomic E-state index is 0.694. The molecule has 0 spiro atoms. The van der Waals surface area contributed by atoms with Crippen LogP contribution in [-0.2, 0) is 12.8 Å². The quantitative estimate of drug-likeness (QED) is 0.729. The van der Waals surface area contributed by atoms with Crippen LogP contribution in [0.4, 0.5) is 0 Å². The highest BCUT2D eigenvalue weighted by atomic mass is 35.5. The van der Waals surface area contributed by atoms with Crippen molar-refractivity contribution in [2.45, 2.75) is 46.5 Å². The Hall–Kier alpha value is -0.560. The van der Waals surface area contributed by atoms with Gasteiger partial charge in [-0.1, -0.05) is 45.2 Å². The van der Waals surface area contributed by atoms with Crippen molar-refractivity contribution in [2.24, 2.45) is 5.92 Å². The molecule has 1 heterocycles. The maximum Gasteiger partial charge on any atom is 0.0653 e. The first-order valence-electron chi connectivity index (χ1n) is 5.81. The monoisotopic (exact) mass is 225 g/mol. The predicted molar refractivity (Wildman–Crippen MR) is 66.4 cm³/mol. The molecule has 0 amide bonds. The van der Waals surface area contributed by atoms with Crippen molar-refractivity contribution >= 4 is 11.6 Å². The number of pyridine rings is 1. The number of halogens is 1. The summed E-state index contributed by atoms with van der Waals surface area (Å²) in [6.07, 6.45) is 6.22. The van der Waals surface area contributed by atoms with E-state index in [1.807, 2.05) is 12.3 Å². The first kappa shape index (κ1) is 12.5.